The zero-order chi connectivity index (χ0) is 20.5. The molecule has 29 heavy (non-hydrogen) atoms. The summed E-state index contributed by atoms with van der Waals surface area (Å²) >= 11 is 0. The van der Waals surface area contributed by atoms with Gasteiger partial charge in [0.15, 0.2) is 5.96 Å². The van der Waals surface area contributed by atoms with Gasteiger partial charge < -0.3 is 15.4 Å². The Morgan fingerprint density at radius 2 is 1.97 bits per heavy atom. The van der Waals surface area contributed by atoms with Crippen LogP contribution < -0.4 is 15.4 Å². The van der Waals surface area contributed by atoms with Gasteiger partial charge >= 0.3 is 0 Å². The van der Waals surface area contributed by atoms with E-state index in [4.69, 9.17) is 9.73 Å². The molecule has 0 aliphatic rings. The predicted octanol–water partition coefficient (Wildman–Crippen LogP) is 3.87. The third-order valence-corrected chi connectivity index (χ3v) is 4.67. The second-order valence-corrected chi connectivity index (χ2v) is 7.41. The number of ether oxygens (including phenoxy) is 1. The Kier molecular flexibility index (Phi) is 11.1. The lowest BCUT2D eigenvalue weighted by molar-refractivity contribution is 0.411. The Hall–Kier alpha value is -1.77. The number of hydrogen-bond acceptors (Lipinski definition) is 3. The second-order valence-electron chi connectivity index (χ2n) is 7.41. The van der Waals surface area contributed by atoms with Crippen LogP contribution >= 0.6 is 24.0 Å². The fraction of sp³-hybridized carbons (Fsp3) is 0.545. The van der Waals surface area contributed by atoms with Gasteiger partial charge in [-0.15, -0.1) is 24.0 Å². The van der Waals surface area contributed by atoms with Gasteiger partial charge in [0, 0.05) is 31.9 Å². The molecule has 162 valence electrons. The lowest BCUT2D eigenvalue weighted by Crippen LogP contribution is -2.38. The van der Waals surface area contributed by atoms with Crippen LogP contribution in [-0.4, -0.2) is 42.5 Å². The molecule has 2 N–H and O–H groups in total. The Morgan fingerprint density at radius 3 is 2.59 bits per heavy atom. The molecule has 1 atom stereocenters. The van der Waals surface area contributed by atoms with Gasteiger partial charge in [0.25, 0.3) is 0 Å². The zero-order valence-electron chi connectivity index (χ0n) is 18.6. The number of rotatable bonds is 9. The Balaban J connectivity index is 0.00000420. The van der Waals surface area contributed by atoms with E-state index in [9.17, 15) is 0 Å². The lowest BCUT2D eigenvalue weighted by Gasteiger charge is -2.14. The van der Waals surface area contributed by atoms with Crippen molar-refractivity contribution in [2.24, 2.45) is 10.9 Å². The molecular formula is C22H36IN5O. The molecule has 0 bridgehead atoms. The number of aromatic nitrogens is 2. The number of aliphatic imine (C=N–C) groups is 1. The Bertz CT molecular complexity index is 788. The van der Waals surface area contributed by atoms with E-state index in [2.05, 4.69) is 72.4 Å². The van der Waals surface area contributed by atoms with Gasteiger partial charge in [0.2, 0.25) is 0 Å². The minimum absolute atomic E-state index is 0. The highest BCUT2D eigenvalue weighted by Crippen LogP contribution is 2.19. The number of nitrogens with zero attached hydrogens (tertiary/aromatic N) is 3. The smallest absolute Gasteiger partial charge is 0.191 e. The fourth-order valence-corrected chi connectivity index (χ4v) is 3.15. The largest absolute Gasteiger partial charge is 0.496 e. The number of aryl methyl sites for hydroxylation is 3. The molecule has 7 heteroatoms. The first-order valence-electron chi connectivity index (χ1n) is 10.1. The molecule has 0 aliphatic carbocycles. The molecular weight excluding hydrogens is 477 g/mol. The van der Waals surface area contributed by atoms with Gasteiger partial charge in [-0.05, 0) is 63.3 Å². The third-order valence-electron chi connectivity index (χ3n) is 4.67. The van der Waals surface area contributed by atoms with Crippen molar-refractivity contribution in [3.05, 3.63) is 46.8 Å². The molecule has 0 spiro atoms. The van der Waals surface area contributed by atoms with E-state index in [1.165, 1.54) is 11.3 Å². The Labute approximate surface area is 192 Å². The van der Waals surface area contributed by atoms with E-state index >= 15 is 0 Å². The molecule has 0 fully saturated rings. The summed E-state index contributed by atoms with van der Waals surface area (Å²) < 4.78 is 7.48. The van der Waals surface area contributed by atoms with Crippen LogP contribution in [0.15, 0.2) is 29.3 Å². The van der Waals surface area contributed by atoms with Crippen molar-refractivity contribution in [2.45, 2.75) is 47.6 Å². The minimum atomic E-state index is 0. The molecule has 2 rings (SSSR count). The normalized spacial score (nSPS) is 12.3. The predicted molar refractivity (Wildman–Crippen MR) is 132 cm³/mol. The van der Waals surface area contributed by atoms with E-state index in [1.54, 1.807) is 7.11 Å². The van der Waals surface area contributed by atoms with Gasteiger partial charge in [-0.3, -0.25) is 9.67 Å². The van der Waals surface area contributed by atoms with Crippen LogP contribution in [0, 0.1) is 26.7 Å². The molecule has 6 nitrogen and oxygen atoms in total. The van der Waals surface area contributed by atoms with Gasteiger partial charge in [0.1, 0.15) is 5.75 Å². The number of hydrogen-bond donors (Lipinski definition) is 2. The molecule has 0 saturated heterocycles. The molecule has 1 aromatic heterocycles. The van der Waals surface area contributed by atoms with Crippen molar-refractivity contribution in [1.82, 2.24) is 20.4 Å². The summed E-state index contributed by atoms with van der Waals surface area (Å²) in [7, 11) is 1.72. The average Bonchev–Trinajstić information content (AvgIpc) is 2.97. The summed E-state index contributed by atoms with van der Waals surface area (Å²) in [5.74, 6) is 2.22. The number of methoxy groups -OCH3 is 1. The summed E-state index contributed by atoms with van der Waals surface area (Å²) in [6.07, 6.45) is 0.919. The minimum Gasteiger partial charge on any atom is -0.496 e. The van der Waals surface area contributed by atoms with Crippen LogP contribution in [0.1, 0.15) is 36.4 Å². The quantitative estimate of drug-likeness (QED) is 0.304. The highest BCUT2D eigenvalue weighted by atomic mass is 127. The molecule has 0 saturated carbocycles. The molecule has 0 amide bonds. The topological polar surface area (TPSA) is 63.5 Å². The summed E-state index contributed by atoms with van der Waals surface area (Å²) in [5, 5.41) is 11.3. The van der Waals surface area contributed by atoms with Gasteiger partial charge in [-0.1, -0.05) is 19.1 Å². The van der Waals surface area contributed by atoms with Crippen LogP contribution in [-0.2, 0) is 13.0 Å². The maximum Gasteiger partial charge on any atom is 0.191 e. The van der Waals surface area contributed by atoms with Crippen LogP contribution in [0.5, 0.6) is 5.75 Å². The highest BCUT2D eigenvalue weighted by molar-refractivity contribution is 14.0. The SMILES string of the molecule is CCNC(=NCC(C)Cn1nc(C)cc1C)NCCc1ccc(C)c(OC)c1.I. The van der Waals surface area contributed by atoms with Crippen molar-refractivity contribution in [3.8, 4) is 5.75 Å². The summed E-state index contributed by atoms with van der Waals surface area (Å²) in [6.45, 7) is 13.8. The van der Waals surface area contributed by atoms with Crippen molar-refractivity contribution < 1.29 is 4.74 Å². The first-order valence-corrected chi connectivity index (χ1v) is 10.1. The van der Waals surface area contributed by atoms with Gasteiger partial charge in [-0.2, -0.15) is 5.10 Å². The first kappa shape index (κ1) is 25.3. The Morgan fingerprint density at radius 1 is 1.21 bits per heavy atom. The van der Waals surface area contributed by atoms with E-state index in [-0.39, 0.29) is 24.0 Å². The van der Waals surface area contributed by atoms with Gasteiger partial charge in [0.05, 0.1) is 12.8 Å². The molecule has 0 aliphatic heterocycles. The number of nitrogens with one attached hydrogen (secondary N) is 2. The highest BCUT2D eigenvalue weighted by Gasteiger charge is 2.08. The van der Waals surface area contributed by atoms with E-state index in [0.29, 0.717) is 5.92 Å². The van der Waals surface area contributed by atoms with Crippen LogP contribution in [0.4, 0.5) is 0 Å². The molecule has 0 radical (unpaired) electrons. The summed E-state index contributed by atoms with van der Waals surface area (Å²) in [6, 6.07) is 8.48. The van der Waals surface area contributed by atoms with Crippen molar-refractivity contribution in [1.29, 1.82) is 0 Å². The summed E-state index contributed by atoms with van der Waals surface area (Å²) in [4.78, 5) is 4.75. The zero-order valence-corrected chi connectivity index (χ0v) is 20.9. The standard InChI is InChI=1S/C22H35N5O.HI/c1-7-23-22(24-11-10-20-9-8-17(3)21(13-20)28-6)25-14-16(2)15-27-19(5)12-18(4)26-27;/h8-9,12-13,16H,7,10-11,14-15H2,1-6H3,(H2,23,24,25);1H. The van der Waals surface area contributed by atoms with Crippen LogP contribution in [0.25, 0.3) is 0 Å². The molecule has 2 aromatic rings. The van der Waals surface area contributed by atoms with E-state index in [1.807, 2.05) is 6.92 Å². The van der Waals surface area contributed by atoms with Crippen molar-refractivity contribution >= 4 is 29.9 Å². The van der Waals surface area contributed by atoms with Gasteiger partial charge in [-0.25, -0.2) is 0 Å². The maximum atomic E-state index is 5.41. The summed E-state index contributed by atoms with van der Waals surface area (Å²) in [5.41, 5.74) is 4.68. The number of halogens is 1. The van der Waals surface area contributed by atoms with Crippen molar-refractivity contribution in [3.63, 3.8) is 0 Å². The lowest BCUT2D eigenvalue weighted by atomic mass is 10.1. The first-order chi connectivity index (χ1) is 13.4. The maximum absolute atomic E-state index is 5.41. The molecule has 1 aromatic carbocycles. The average molecular weight is 513 g/mol. The van der Waals surface area contributed by atoms with E-state index in [0.717, 1.165) is 55.6 Å². The number of guanidine groups is 1. The fourth-order valence-electron chi connectivity index (χ4n) is 3.15. The van der Waals surface area contributed by atoms with Crippen molar-refractivity contribution in [2.75, 3.05) is 26.7 Å². The van der Waals surface area contributed by atoms with Crippen LogP contribution in [0.2, 0.25) is 0 Å². The monoisotopic (exact) mass is 513 g/mol. The molecule has 1 unspecified atom stereocenters. The van der Waals surface area contributed by atoms with E-state index < -0.39 is 0 Å². The second kappa shape index (κ2) is 12.7. The molecule has 1 heterocycles. The third kappa shape index (κ3) is 8.24. The van der Waals surface area contributed by atoms with Crippen LogP contribution in [0.3, 0.4) is 0 Å². The number of benzene rings is 1.